The second-order valence-corrected chi connectivity index (χ2v) is 5.38. The zero-order valence-corrected chi connectivity index (χ0v) is 12.1. The zero-order chi connectivity index (χ0) is 15.4. The van der Waals surface area contributed by atoms with Crippen molar-refractivity contribution in [3.63, 3.8) is 0 Å². The van der Waals surface area contributed by atoms with Crippen LogP contribution in [0, 0.1) is 0 Å². The van der Waals surface area contributed by atoms with E-state index in [1.165, 1.54) is 0 Å². The van der Waals surface area contributed by atoms with Crippen LogP contribution in [0.25, 0.3) is 0 Å². The van der Waals surface area contributed by atoms with Gasteiger partial charge in [0.1, 0.15) is 5.75 Å². The maximum Gasteiger partial charge on any atom is 0.311 e. The summed E-state index contributed by atoms with van der Waals surface area (Å²) in [7, 11) is 0. The minimum Gasteiger partial charge on any atom is -0.426 e. The summed E-state index contributed by atoms with van der Waals surface area (Å²) in [5.41, 5.74) is 1.98. The van der Waals surface area contributed by atoms with Gasteiger partial charge in [0.2, 0.25) is 5.91 Å². The molecule has 0 aromatic heterocycles. The lowest BCUT2D eigenvalue weighted by Gasteiger charge is -2.23. The van der Waals surface area contributed by atoms with E-state index in [9.17, 15) is 9.59 Å². The molecule has 0 saturated carbocycles. The first-order valence-electron chi connectivity index (χ1n) is 7.32. The molecule has 22 heavy (non-hydrogen) atoms. The maximum atomic E-state index is 12.1. The van der Waals surface area contributed by atoms with E-state index in [0.29, 0.717) is 18.7 Å². The van der Waals surface area contributed by atoms with Crippen LogP contribution in [0.2, 0.25) is 0 Å². The van der Waals surface area contributed by atoms with Gasteiger partial charge in [0.25, 0.3) is 0 Å². The van der Waals surface area contributed by atoms with Crippen molar-refractivity contribution in [2.24, 2.45) is 0 Å². The highest BCUT2D eigenvalue weighted by molar-refractivity contribution is 5.81. The minimum atomic E-state index is -0.278. The van der Waals surface area contributed by atoms with Crippen LogP contribution in [-0.2, 0) is 16.1 Å². The normalized spacial score (nSPS) is 16.5. The van der Waals surface area contributed by atoms with Crippen LogP contribution in [0.1, 0.15) is 29.9 Å². The summed E-state index contributed by atoms with van der Waals surface area (Å²) in [5.74, 6) is 0.116. The van der Waals surface area contributed by atoms with Gasteiger partial charge in [-0.25, -0.2) is 0 Å². The second kappa shape index (κ2) is 6.43. The molecule has 1 amide bonds. The van der Waals surface area contributed by atoms with E-state index < -0.39 is 0 Å². The summed E-state index contributed by atoms with van der Waals surface area (Å²) < 4.78 is 5.20. The number of nitrogens with one attached hydrogen (secondary N) is 1. The molecule has 1 aliphatic heterocycles. The smallest absolute Gasteiger partial charge is 0.311 e. The van der Waals surface area contributed by atoms with Crippen molar-refractivity contribution >= 4 is 11.9 Å². The number of hydrogen-bond acceptors (Lipinski definition) is 3. The number of rotatable bonds is 4. The molecule has 1 atom stereocenters. The molecule has 0 saturated heterocycles. The summed E-state index contributed by atoms with van der Waals surface area (Å²) in [6, 6.07) is 17.1. The Balaban J connectivity index is 1.63. The lowest BCUT2D eigenvalue weighted by atomic mass is 9.89. The van der Waals surface area contributed by atoms with Crippen molar-refractivity contribution in [2.75, 3.05) is 0 Å². The van der Waals surface area contributed by atoms with E-state index in [2.05, 4.69) is 5.32 Å². The fourth-order valence-corrected chi connectivity index (χ4v) is 2.66. The number of benzene rings is 2. The first kappa shape index (κ1) is 14.3. The fraction of sp³-hybridized carbons (Fsp3) is 0.222. The minimum absolute atomic E-state index is 0.0571. The topological polar surface area (TPSA) is 55.4 Å². The molecule has 2 aromatic carbocycles. The molecule has 2 aromatic rings. The third-order valence-electron chi connectivity index (χ3n) is 3.76. The second-order valence-electron chi connectivity index (χ2n) is 5.38. The highest BCUT2D eigenvalue weighted by atomic mass is 16.5. The maximum absolute atomic E-state index is 12.1. The van der Waals surface area contributed by atoms with Crippen LogP contribution in [0.3, 0.4) is 0 Å². The third-order valence-corrected chi connectivity index (χ3v) is 3.76. The quantitative estimate of drug-likeness (QED) is 0.697. The molecule has 0 fully saturated rings. The Hall–Kier alpha value is -2.62. The zero-order valence-electron chi connectivity index (χ0n) is 12.1. The van der Waals surface area contributed by atoms with E-state index in [1.54, 1.807) is 6.07 Å². The Morgan fingerprint density at radius 2 is 1.82 bits per heavy atom. The predicted molar refractivity (Wildman–Crippen MR) is 82.3 cm³/mol. The van der Waals surface area contributed by atoms with Crippen LogP contribution in [0.5, 0.6) is 5.75 Å². The molecule has 1 N–H and O–H groups in total. The molecule has 1 heterocycles. The Morgan fingerprint density at radius 3 is 2.64 bits per heavy atom. The summed E-state index contributed by atoms with van der Waals surface area (Å²) in [6.45, 7) is 0.498. The van der Waals surface area contributed by atoms with E-state index in [0.717, 1.165) is 11.1 Å². The van der Waals surface area contributed by atoms with Gasteiger partial charge in [0, 0.05) is 18.9 Å². The number of ether oxygens (including phenoxy) is 1. The van der Waals surface area contributed by atoms with Crippen LogP contribution in [-0.4, -0.2) is 11.9 Å². The monoisotopic (exact) mass is 295 g/mol. The van der Waals surface area contributed by atoms with Crippen LogP contribution in [0.15, 0.2) is 54.6 Å². The van der Waals surface area contributed by atoms with Crippen molar-refractivity contribution in [1.29, 1.82) is 0 Å². The summed E-state index contributed by atoms with van der Waals surface area (Å²) in [6.07, 6.45) is 0.536. The van der Waals surface area contributed by atoms with Gasteiger partial charge in [-0.2, -0.15) is 0 Å². The average Bonchev–Trinajstić information content (AvgIpc) is 2.54. The summed E-state index contributed by atoms with van der Waals surface area (Å²) >= 11 is 0. The van der Waals surface area contributed by atoms with Crippen LogP contribution >= 0.6 is 0 Å². The lowest BCUT2D eigenvalue weighted by Crippen LogP contribution is -2.28. The Bertz CT molecular complexity index is 682. The first-order chi connectivity index (χ1) is 10.7. The molecular weight excluding hydrogens is 278 g/mol. The van der Waals surface area contributed by atoms with Gasteiger partial charge >= 0.3 is 5.97 Å². The van der Waals surface area contributed by atoms with E-state index >= 15 is 0 Å². The van der Waals surface area contributed by atoms with Crippen molar-refractivity contribution < 1.29 is 14.3 Å². The predicted octanol–water partition coefficient (Wildman–Crippen LogP) is 2.79. The third kappa shape index (κ3) is 3.34. The summed E-state index contributed by atoms with van der Waals surface area (Å²) in [4.78, 5) is 23.8. The molecule has 0 bridgehead atoms. The Labute approximate surface area is 129 Å². The number of hydrogen-bond donors (Lipinski definition) is 1. The largest absolute Gasteiger partial charge is 0.426 e. The standard InChI is InChI=1S/C18H17NO3/c20-17(19-12-13-6-2-1-3-7-13)10-14-11-18(21)22-16-9-5-4-8-15(14)16/h1-9,14H,10-12H2,(H,19,20)/t14-/m0/s1. The van der Waals surface area contributed by atoms with Gasteiger partial charge in [-0.15, -0.1) is 0 Å². The van der Waals surface area contributed by atoms with Crippen molar-refractivity contribution in [3.05, 3.63) is 65.7 Å². The Kier molecular flexibility index (Phi) is 4.19. The highest BCUT2D eigenvalue weighted by Crippen LogP contribution is 2.35. The highest BCUT2D eigenvalue weighted by Gasteiger charge is 2.28. The number of carbonyl (C=O) groups excluding carboxylic acids is 2. The van der Waals surface area contributed by atoms with Crippen molar-refractivity contribution in [1.82, 2.24) is 5.32 Å². The number of fused-ring (bicyclic) bond motifs is 1. The van der Waals surface area contributed by atoms with Gasteiger partial charge in [-0.05, 0) is 17.2 Å². The SMILES string of the molecule is O=C(C[C@H]1CC(=O)Oc2ccccc21)NCc1ccccc1. The fourth-order valence-electron chi connectivity index (χ4n) is 2.66. The van der Waals surface area contributed by atoms with Gasteiger partial charge in [0.05, 0.1) is 6.42 Å². The molecule has 0 aliphatic carbocycles. The van der Waals surface area contributed by atoms with E-state index in [4.69, 9.17) is 4.74 Å². The van der Waals surface area contributed by atoms with Crippen molar-refractivity contribution in [3.8, 4) is 5.75 Å². The van der Waals surface area contributed by atoms with Crippen molar-refractivity contribution in [2.45, 2.75) is 25.3 Å². The van der Waals surface area contributed by atoms with E-state index in [-0.39, 0.29) is 24.2 Å². The van der Waals surface area contributed by atoms with E-state index in [1.807, 2.05) is 48.5 Å². The molecule has 4 heteroatoms. The molecule has 112 valence electrons. The van der Waals surface area contributed by atoms with Gasteiger partial charge in [0.15, 0.2) is 0 Å². The molecular formula is C18H17NO3. The molecule has 1 aliphatic rings. The summed E-state index contributed by atoms with van der Waals surface area (Å²) in [5, 5.41) is 2.90. The molecule has 0 spiro atoms. The Morgan fingerprint density at radius 1 is 1.09 bits per heavy atom. The van der Waals surface area contributed by atoms with Gasteiger partial charge in [-0.1, -0.05) is 48.5 Å². The number of amides is 1. The van der Waals surface area contributed by atoms with Crippen LogP contribution < -0.4 is 10.1 Å². The lowest BCUT2D eigenvalue weighted by molar-refractivity contribution is -0.136. The van der Waals surface area contributed by atoms with Gasteiger partial charge < -0.3 is 10.1 Å². The molecule has 4 nitrogen and oxygen atoms in total. The molecule has 0 radical (unpaired) electrons. The number of esters is 1. The van der Waals surface area contributed by atoms with Gasteiger partial charge in [-0.3, -0.25) is 9.59 Å². The molecule has 0 unspecified atom stereocenters. The first-order valence-corrected chi connectivity index (χ1v) is 7.32. The van der Waals surface area contributed by atoms with Crippen LogP contribution in [0.4, 0.5) is 0 Å². The average molecular weight is 295 g/mol. The number of carbonyl (C=O) groups is 2. The molecule has 3 rings (SSSR count). The number of para-hydroxylation sites is 1.